The molecule has 0 unspecified atom stereocenters. The maximum atomic E-state index is 13.1. The van der Waals surface area contributed by atoms with Gasteiger partial charge in [-0.2, -0.15) is 0 Å². The molecule has 1 aliphatic heterocycles. The smallest absolute Gasteiger partial charge is 0.259 e. The van der Waals surface area contributed by atoms with Crippen molar-refractivity contribution >= 4 is 17.4 Å². The van der Waals surface area contributed by atoms with Gasteiger partial charge in [0.15, 0.2) is 5.78 Å². The van der Waals surface area contributed by atoms with Crippen LogP contribution in [-0.4, -0.2) is 16.6 Å². The van der Waals surface area contributed by atoms with Crippen molar-refractivity contribution in [2.75, 3.05) is 0 Å². The van der Waals surface area contributed by atoms with Crippen LogP contribution in [0.15, 0.2) is 91.0 Å². The average Bonchev–Trinajstić information content (AvgIpc) is 3.01. The van der Waals surface area contributed by atoms with E-state index >= 15 is 0 Å². The van der Waals surface area contributed by atoms with Gasteiger partial charge in [0.05, 0.1) is 11.7 Å². The molecule has 132 valence electrons. The summed E-state index contributed by atoms with van der Waals surface area (Å²) in [4.78, 5) is 27.6. The molecule has 0 N–H and O–H groups in total. The number of allylic oxidation sites excluding steroid dienone is 1. The van der Waals surface area contributed by atoms with Crippen molar-refractivity contribution < 1.29 is 9.59 Å². The molecule has 0 aliphatic carbocycles. The third-order valence-electron chi connectivity index (χ3n) is 4.91. The number of benzene rings is 3. The fourth-order valence-electron chi connectivity index (χ4n) is 3.48. The lowest BCUT2D eigenvalue weighted by atomic mass is 10.0. The fourth-order valence-corrected chi connectivity index (χ4v) is 3.48. The quantitative estimate of drug-likeness (QED) is 0.482. The first-order valence-corrected chi connectivity index (χ1v) is 8.96. The molecule has 3 aromatic rings. The second-order valence-corrected chi connectivity index (χ2v) is 6.57. The zero-order chi connectivity index (χ0) is 18.8. The molecule has 1 heterocycles. The predicted octanol–water partition coefficient (Wildman–Crippen LogP) is 5.13. The summed E-state index contributed by atoms with van der Waals surface area (Å²) in [5.74, 6) is -0.186. The Morgan fingerprint density at radius 2 is 1.37 bits per heavy atom. The second kappa shape index (κ2) is 7.04. The highest BCUT2D eigenvalue weighted by Crippen LogP contribution is 2.39. The Hall–Kier alpha value is -3.46. The molecule has 1 atom stereocenters. The van der Waals surface area contributed by atoms with E-state index < -0.39 is 0 Å². The van der Waals surface area contributed by atoms with Gasteiger partial charge >= 0.3 is 0 Å². The zero-order valence-electron chi connectivity index (χ0n) is 15.0. The highest BCUT2D eigenvalue weighted by atomic mass is 16.2. The summed E-state index contributed by atoms with van der Waals surface area (Å²) in [6, 6.07) is 26.3. The third-order valence-corrected chi connectivity index (χ3v) is 4.91. The molecule has 3 heteroatoms. The van der Waals surface area contributed by atoms with E-state index in [-0.39, 0.29) is 17.7 Å². The SMILES string of the molecule is C[C@@H](c1ccccc1)N1C(=O)c2ccccc2/C1=C\C(=O)c1ccccc1. The molecule has 0 bridgehead atoms. The molecule has 0 saturated heterocycles. The summed E-state index contributed by atoms with van der Waals surface area (Å²) in [7, 11) is 0. The molecule has 0 fully saturated rings. The van der Waals surface area contributed by atoms with Gasteiger partial charge in [0.1, 0.15) is 0 Å². The second-order valence-electron chi connectivity index (χ2n) is 6.57. The molecule has 0 saturated carbocycles. The normalized spacial score (nSPS) is 15.7. The van der Waals surface area contributed by atoms with Crippen molar-refractivity contribution in [3.8, 4) is 0 Å². The number of nitrogens with zero attached hydrogens (tertiary/aromatic N) is 1. The maximum absolute atomic E-state index is 13.1. The van der Waals surface area contributed by atoms with Crippen LogP contribution in [0.25, 0.3) is 5.70 Å². The van der Waals surface area contributed by atoms with Crippen LogP contribution in [-0.2, 0) is 0 Å². The number of amides is 1. The highest BCUT2D eigenvalue weighted by Gasteiger charge is 2.36. The molecule has 4 rings (SSSR count). The average molecular weight is 353 g/mol. The monoisotopic (exact) mass is 353 g/mol. The van der Waals surface area contributed by atoms with Crippen molar-refractivity contribution in [2.24, 2.45) is 0 Å². The van der Waals surface area contributed by atoms with Crippen molar-refractivity contribution in [1.29, 1.82) is 0 Å². The lowest BCUT2D eigenvalue weighted by Crippen LogP contribution is -2.27. The lowest BCUT2D eigenvalue weighted by Gasteiger charge is -2.26. The lowest BCUT2D eigenvalue weighted by molar-refractivity contribution is 0.0812. The van der Waals surface area contributed by atoms with E-state index in [9.17, 15) is 9.59 Å². The first kappa shape index (κ1) is 17.0. The van der Waals surface area contributed by atoms with Crippen molar-refractivity contribution in [3.63, 3.8) is 0 Å². The topological polar surface area (TPSA) is 37.4 Å². The van der Waals surface area contributed by atoms with Gasteiger partial charge in [-0.25, -0.2) is 0 Å². The predicted molar refractivity (Wildman–Crippen MR) is 106 cm³/mol. The standard InChI is InChI=1S/C24H19NO2/c1-17(18-10-4-2-5-11-18)25-22(16-23(26)19-12-6-3-7-13-19)20-14-8-9-15-21(20)24(25)27/h2-17H,1H3/b22-16+/t17-/m0/s1. The number of hydrogen-bond acceptors (Lipinski definition) is 2. The summed E-state index contributed by atoms with van der Waals surface area (Å²) in [6.07, 6.45) is 1.58. The van der Waals surface area contributed by atoms with Crippen molar-refractivity contribution in [3.05, 3.63) is 113 Å². The number of fused-ring (bicyclic) bond motifs is 1. The molecule has 0 spiro atoms. The van der Waals surface area contributed by atoms with Crippen LogP contribution in [0.4, 0.5) is 0 Å². The van der Waals surface area contributed by atoms with Gasteiger partial charge in [0.2, 0.25) is 0 Å². The highest BCUT2D eigenvalue weighted by molar-refractivity contribution is 6.15. The Kier molecular flexibility index (Phi) is 4.43. The van der Waals surface area contributed by atoms with E-state index in [0.717, 1.165) is 11.1 Å². The fraction of sp³-hybridized carbons (Fsp3) is 0.0833. The van der Waals surface area contributed by atoms with E-state index in [1.165, 1.54) is 0 Å². The molecule has 27 heavy (non-hydrogen) atoms. The van der Waals surface area contributed by atoms with Crippen molar-refractivity contribution in [2.45, 2.75) is 13.0 Å². The Morgan fingerprint density at radius 3 is 2.04 bits per heavy atom. The van der Waals surface area contributed by atoms with E-state index in [2.05, 4.69) is 0 Å². The van der Waals surface area contributed by atoms with Gasteiger partial charge in [0, 0.05) is 22.8 Å². The number of carbonyl (C=O) groups excluding carboxylic acids is 2. The number of rotatable bonds is 4. The van der Waals surface area contributed by atoms with Gasteiger partial charge in [-0.15, -0.1) is 0 Å². The molecule has 1 amide bonds. The largest absolute Gasteiger partial charge is 0.300 e. The van der Waals surface area contributed by atoms with Crippen LogP contribution in [0.2, 0.25) is 0 Å². The van der Waals surface area contributed by atoms with Gasteiger partial charge in [-0.3, -0.25) is 9.59 Å². The third kappa shape index (κ3) is 3.08. The van der Waals surface area contributed by atoms with Crippen LogP contribution in [0.3, 0.4) is 0 Å². The van der Waals surface area contributed by atoms with E-state index in [0.29, 0.717) is 16.8 Å². The van der Waals surface area contributed by atoms with Crippen LogP contribution < -0.4 is 0 Å². The minimum atomic E-state index is -0.180. The van der Waals surface area contributed by atoms with E-state index in [1.54, 1.807) is 23.1 Å². The molecular formula is C24H19NO2. The Bertz CT molecular complexity index is 1020. The van der Waals surface area contributed by atoms with E-state index in [4.69, 9.17) is 0 Å². The minimum absolute atomic E-state index is 0.0749. The number of hydrogen-bond donors (Lipinski definition) is 0. The summed E-state index contributed by atoms with van der Waals surface area (Å²) in [6.45, 7) is 1.99. The van der Waals surface area contributed by atoms with Crippen molar-refractivity contribution in [1.82, 2.24) is 4.90 Å². The Labute approximate surface area is 158 Å². The Morgan fingerprint density at radius 1 is 0.815 bits per heavy atom. The van der Waals surface area contributed by atoms with Gasteiger partial charge in [0.25, 0.3) is 5.91 Å². The number of ketones is 1. The summed E-state index contributed by atoms with van der Waals surface area (Å²) < 4.78 is 0. The van der Waals surface area contributed by atoms with Gasteiger partial charge in [-0.1, -0.05) is 78.9 Å². The van der Waals surface area contributed by atoms with Crippen LogP contribution in [0.1, 0.15) is 44.8 Å². The molecule has 0 aromatic heterocycles. The Balaban J connectivity index is 1.81. The number of carbonyl (C=O) groups is 2. The van der Waals surface area contributed by atoms with E-state index in [1.807, 2.05) is 79.7 Å². The molecule has 1 aliphatic rings. The molecule has 3 aromatic carbocycles. The van der Waals surface area contributed by atoms with Gasteiger partial charge < -0.3 is 4.90 Å². The first-order valence-electron chi connectivity index (χ1n) is 8.96. The van der Waals surface area contributed by atoms with Crippen LogP contribution in [0, 0.1) is 0 Å². The maximum Gasteiger partial charge on any atom is 0.259 e. The zero-order valence-corrected chi connectivity index (χ0v) is 15.0. The first-order chi connectivity index (χ1) is 13.2. The van der Waals surface area contributed by atoms with Crippen LogP contribution in [0.5, 0.6) is 0 Å². The molecule has 0 radical (unpaired) electrons. The summed E-state index contributed by atoms with van der Waals surface area (Å²) in [5.41, 5.74) is 3.72. The minimum Gasteiger partial charge on any atom is -0.300 e. The molecule has 3 nitrogen and oxygen atoms in total. The summed E-state index contributed by atoms with van der Waals surface area (Å²) >= 11 is 0. The molecular weight excluding hydrogens is 334 g/mol. The summed E-state index contributed by atoms with van der Waals surface area (Å²) in [5, 5.41) is 0. The van der Waals surface area contributed by atoms with Gasteiger partial charge in [-0.05, 0) is 18.6 Å². The van der Waals surface area contributed by atoms with Crippen LogP contribution >= 0.6 is 0 Å².